The fourth-order valence-corrected chi connectivity index (χ4v) is 4.65. The highest BCUT2D eigenvalue weighted by Crippen LogP contribution is 2.29. The molecule has 0 bridgehead atoms. The average Bonchev–Trinajstić information content (AvgIpc) is 3.17. The van der Waals surface area contributed by atoms with Crippen molar-refractivity contribution < 1.29 is 33.4 Å². The first kappa shape index (κ1) is 26.2. The van der Waals surface area contributed by atoms with Crippen molar-refractivity contribution in [2.24, 2.45) is 0 Å². The summed E-state index contributed by atoms with van der Waals surface area (Å²) in [6, 6.07) is 9.53. The number of rotatable bonds is 9. The molecule has 0 spiro atoms. The van der Waals surface area contributed by atoms with E-state index in [1.165, 1.54) is 31.3 Å². The van der Waals surface area contributed by atoms with Crippen molar-refractivity contribution in [2.75, 3.05) is 47.6 Å². The van der Waals surface area contributed by atoms with Crippen LogP contribution in [0.5, 0.6) is 11.5 Å². The minimum absolute atomic E-state index is 0.109. The number of nitrogens with one attached hydrogen (secondary N) is 1. The summed E-state index contributed by atoms with van der Waals surface area (Å²) in [5.74, 6) is -0.129. The molecule has 4 rings (SSSR count). The van der Waals surface area contributed by atoms with E-state index >= 15 is 0 Å². The minimum atomic E-state index is -0.396. The Hall–Kier alpha value is -3.92. The number of amides is 4. The van der Waals surface area contributed by atoms with Crippen LogP contribution >= 0.6 is 0 Å². The molecule has 10 heteroatoms. The standard InChI is InChI=1S/C27H31N3O7/c1-35-14-4-11-30-26(33)20-7-5-17(15-21(20)27(30)34)24(31)28-19-9-12-29(13-10-19)25(32)18-6-8-22(36-2)23(16-18)37-3/h5-8,15-16,19H,4,9-14H2,1-3H3,(H,28,31). The maximum atomic E-state index is 13.0. The second-order valence-corrected chi connectivity index (χ2v) is 8.98. The number of fused-ring (bicyclic) bond motifs is 1. The fraction of sp³-hybridized carbons (Fsp3) is 0.407. The van der Waals surface area contributed by atoms with Crippen LogP contribution in [-0.4, -0.2) is 87.0 Å². The Morgan fingerprint density at radius 2 is 1.57 bits per heavy atom. The summed E-state index contributed by atoms with van der Waals surface area (Å²) in [6.07, 6.45) is 1.74. The van der Waals surface area contributed by atoms with Crippen LogP contribution in [0.25, 0.3) is 0 Å². The fourth-order valence-electron chi connectivity index (χ4n) is 4.65. The van der Waals surface area contributed by atoms with Gasteiger partial charge in [-0.05, 0) is 55.7 Å². The molecule has 2 aromatic rings. The lowest BCUT2D eigenvalue weighted by Gasteiger charge is -2.32. The summed E-state index contributed by atoms with van der Waals surface area (Å²) in [7, 11) is 4.62. The normalized spacial score (nSPS) is 15.5. The van der Waals surface area contributed by atoms with E-state index in [0.717, 1.165) is 0 Å². The maximum Gasteiger partial charge on any atom is 0.261 e. The number of likely N-dealkylation sites (tertiary alicyclic amines) is 1. The zero-order valence-corrected chi connectivity index (χ0v) is 21.2. The number of hydrogen-bond acceptors (Lipinski definition) is 7. The summed E-state index contributed by atoms with van der Waals surface area (Å²) in [4.78, 5) is 54.1. The third-order valence-corrected chi connectivity index (χ3v) is 6.71. The first-order chi connectivity index (χ1) is 17.9. The second kappa shape index (κ2) is 11.4. The SMILES string of the molecule is COCCCN1C(=O)c2ccc(C(=O)NC3CCN(C(=O)c4ccc(OC)c(OC)c4)CC3)cc2C1=O. The molecule has 10 nitrogen and oxygen atoms in total. The number of imide groups is 1. The molecule has 1 fully saturated rings. The van der Waals surface area contributed by atoms with Gasteiger partial charge in [0.2, 0.25) is 0 Å². The van der Waals surface area contributed by atoms with Crippen LogP contribution in [0, 0.1) is 0 Å². The van der Waals surface area contributed by atoms with E-state index in [2.05, 4.69) is 5.32 Å². The van der Waals surface area contributed by atoms with Gasteiger partial charge in [-0.1, -0.05) is 0 Å². The van der Waals surface area contributed by atoms with Crippen LogP contribution in [-0.2, 0) is 4.74 Å². The van der Waals surface area contributed by atoms with E-state index in [1.807, 2.05) is 0 Å². The zero-order valence-electron chi connectivity index (χ0n) is 21.2. The lowest BCUT2D eigenvalue weighted by Crippen LogP contribution is -2.46. The van der Waals surface area contributed by atoms with Gasteiger partial charge >= 0.3 is 0 Å². The van der Waals surface area contributed by atoms with Crippen molar-refractivity contribution in [3.8, 4) is 11.5 Å². The molecule has 0 saturated carbocycles. The van der Waals surface area contributed by atoms with Gasteiger partial charge in [0.25, 0.3) is 23.6 Å². The van der Waals surface area contributed by atoms with Crippen molar-refractivity contribution >= 4 is 23.6 Å². The monoisotopic (exact) mass is 509 g/mol. The van der Waals surface area contributed by atoms with Gasteiger partial charge in [0, 0.05) is 50.5 Å². The molecule has 2 aromatic carbocycles. The van der Waals surface area contributed by atoms with Crippen molar-refractivity contribution in [1.29, 1.82) is 0 Å². The molecule has 0 atom stereocenters. The molecule has 1 saturated heterocycles. The van der Waals surface area contributed by atoms with Gasteiger partial charge in [-0.25, -0.2) is 0 Å². The van der Waals surface area contributed by atoms with Crippen LogP contribution in [0.2, 0.25) is 0 Å². The molecule has 4 amide bonds. The maximum absolute atomic E-state index is 13.0. The summed E-state index contributed by atoms with van der Waals surface area (Å²) < 4.78 is 15.5. The minimum Gasteiger partial charge on any atom is -0.493 e. The van der Waals surface area contributed by atoms with Crippen LogP contribution in [0.3, 0.4) is 0 Å². The lowest BCUT2D eigenvalue weighted by molar-refractivity contribution is 0.0636. The summed E-state index contributed by atoms with van der Waals surface area (Å²) in [5, 5.41) is 3.00. The molecule has 2 heterocycles. The molecule has 37 heavy (non-hydrogen) atoms. The first-order valence-corrected chi connectivity index (χ1v) is 12.2. The van der Waals surface area contributed by atoms with Gasteiger partial charge in [0.05, 0.1) is 25.3 Å². The van der Waals surface area contributed by atoms with Crippen molar-refractivity contribution in [3.63, 3.8) is 0 Å². The Kier molecular flexibility index (Phi) is 8.08. The van der Waals surface area contributed by atoms with Gasteiger partial charge in [0.15, 0.2) is 11.5 Å². The number of ether oxygens (including phenoxy) is 3. The molecule has 2 aliphatic rings. The Labute approximate surface area is 215 Å². The van der Waals surface area contributed by atoms with Gasteiger partial charge < -0.3 is 24.4 Å². The third-order valence-electron chi connectivity index (χ3n) is 6.71. The summed E-state index contributed by atoms with van der Waals surface area (Å²) in [5.41, 5.74) is 1.38. The number of methoxy groups -OCH3 is 3. The molecule has 2 aliphatic heterocycles. The number of nitrogens with zero attached hydrogens (tertiary/aromatic N) is 2. The topological polar surface area (TPSA) is 114 Å². The predicted octanol–water partition coefficient (Wildman–Crippen LogP) is 2.37. The summed E-state index contributed by atoms with van der Waals surface area (Å²) in [6.45, 7) is 1.69. The van der Waals surface area contributed by atoms with Crippen molar-refractivity contribution in [2.45, 2.75) is 25.3 Å². The lowest BCUT2D eigenvalue weighted by atomic mass is 10.0. The largest absolute Gasteiger partial charge is 0.493 e. The Morgan fingerprint density at radius 1 is 0.892 bits per heavy atom. The van der Waals surface area contributed by atoms with E-state index in [1.54, 1.807) is 36.3 Å². The van der Waals surface area contributed by atoms with E-state index in [9.17, 15) is 19.2 Å². The molecule has 0 aliphatic carbocycles. The Balaban J connectivity index is 1.34. The number of carbonyl (C=O) groups is 4. The Morgan fingerprint density at radius 3 is 2.24 bits per heavy atom. The van der Waals surface area contributed by atoms with Gasteiger partial charge in [0.1, 0.15) is 0 Å². The molecule has 1 N–H and O–H groups in total. The Bertz CT molecular complexity index is 1200. The quantitative estimate of drug-likeness (QED) is 0.408. The van der Waals surface area contributed by atoms with Crippen LogP contribution < -0.4 is 14.8 Å². The summed E-state index contributed by atoms with van der Waals surface area (Å²) >= 11 is 0. The third kappa shape index (κ3) is 5.43. The van der Waals surface area contributed by atoms with Gasteiger partial charge in [-0.2, -0.15) is 0 Å². The van der Waals surface area contributed by atoms with Crippen LogP contribution in [0.1, 0.15) is 60.7 Å². The number of hydrogen-bond donors (Lipinski definition) is 1. The number of benzene rings is 2. The highest BCUT2D eigenvalue weighted by Gasteiger charge is 2.36. The van der Waals surface area contributed by atoms with E-state index in [0.29, 0.717) is 67.1 Å². The van der Waals surface area contributed by atoms with E-state index in [4.69, 9.17) is 14.2 Å². The number of carbonyl (C=O) groups excluding carboxylic acids is 4. The van der Waals surface area contributed by atoms with E-state index in [-0.39, 0.29) is 35.9 Å². The van der Waals surface area contributed by atoms with Crippen molar-refractivity contribution in [3.05, 3.63) is 58.7 Å². The second-order valence-electron chi connectivity index (χ2n) is 8.98. The molecule has 0 unspecified atom stereocenters. The smallest absolute Gasteiger partial charge is 0.261 e. The number of piperidine rings is 1. The zero-order chi connectivity index (χ0) is 26.5. The molecular weight excluding hydrogens is 478 g/mol. The van der Waals surface area contributed by atoms with Crippen LogP contribution in [0.4, 0.5) is 0 Å². The van der Waals surface area contributed by atoms with E-state index < -0.39 is 5.91 Å². The molecule has 196 valence electrons. The predicted molar refractivity (Wildman–Crippen MR) is 134 cm³/mol. The van der Waals surface area contributed by atoms with Crippen molar-refractivity contribution in [1.82, 2.24) is 15.1 Å². The molecular formula is C27H31N3O7. The molecule has 0 aromatic heterocycles. The van der Waals surface area contributed by atoms with Gasteiger partial charge in [-0.3, -0.25) is 24.1 Å². The highest BCUT2D eigenvalue weighted by atomic mass is 16.5. The average molecular weight is 510 g/mol. The molecule has 0 radical (unpaired) electrons. The first-order valence-electron chi connectivity index (χ1n) is 12.2. The van der Waals surface area contributed by atoms with Crippen LogP contribution in [0.15, 0.2) is 36.4 Å². The highest BCUT2D eigenvalue weighted by molar-refractivity contribution is 6.22. The van der Waals surface area contributed by atoms with Gasteiger partial charge in [-0.15, -0.1) is 0 Å².